The molecule has 3 radical (unpaired) electrons. The summed E-state index contributed by atoms with van der Waals surface area (Å²) in [4.78, 5) is 106. The molecule has 127 heavy (non-hydrogen) atoms. The molecule has 0 saturated heterocycles. The van der Waals surface area contributed by atoms with Crippen LogP contribution >= 0.6 is 0 Å². The molecule has 8 rings (SSSR count). The number of phenolic OH excluding ortho intramolecular Hbond substituents is 2. The Morgan fingerprint density at radius 2 is 0.496 bits per heavy atom. The predicted octanol–water partition coefficient (Wildman–Crippen LogP) is 2.51. The van der Waals surface area contributed by atoms with Gasteiger partial charge >= 0.3 is 151 Å². The summed E-state index contributed by atoms with van der Waals surface area (Å²) in [5, 5.41) is 175. The summed E-state index contributed by atoms with van der Waals surface area (Å²) in [6.07, 6.45) is 5.86. The molecule has 55 heteroatoms. The van der Waals surface area contributed by atoms with Crippen molar-refractivity contribution in [1.29, 1.82) is 0 Å². The van der Waals surface area contributed by atoms with Crippen molar-refractivity contribution < 1.29 is 285 Å². The van der Waals surface area contributed by atoms with Gasteiger partial charge in [0.25, 0.3) is 23.6 Å². The molecule has 8 aromatic carbocycles. The zero-order chi connectivity index (χ0) is 90.8. The molecule has 0 saturated carbocycles. The number of hydrogen-bond donors (Lipinski definition) is 6. The fourth-order valence-corrected chi connectivity index (χ4v) is 8.44. The SMILES string of the molecule is COc1ccc(C(=O)NCCN=Cc2cccc(OC)c2O)c([O-])c1.COc1ccc(C(=O)NCCN=Cc2cccc(OC)c2O)c([O-])c1.COc1ccc(C(=O)NCCN=Cc2cccc(OC)c2[O-])c([O-])c1.COc1ccc(C(=O)NCCN=Cc2cccc(OC)c2[O-])c([O-])c1.O=[N+]([O-])[O-].O=[N+]([O-])[O-].O=[N+]([O-])[O-].O=[N+]([O-])[O-].O=[N+]([O-])[O-].[Er+3].[Er+3].[Er+3].[OH-].[OH-].[Zn+2].[Zn+2]. The van der Waals surface area contributed by atoms with Crippen LogP contribution < -0.4 is 89.8 Å². The Balaban J connectivity index is -0.000000226. The van der Waals surface area contributed by atoms with E-state index in [0.29, 0.717) is 69.8 Å². The third-order valence-corrected chi connectivity index (χ3v) is 13.7. The number of para-hydroxylation sites is 4. The first kappa shape index (κ1) is 131. The van der Waals surface area contributed by atoms with Gasteiger partial charge < -0.3 is 188 Å². The fraction of sp³-hybridized carbons (Fsp3) is 0.222. The molecule has 0 spiro atoms. The van der Waals surface area contributed by atoms with Crippen LogP contribution in [-0.4, -0.2) is 204 Å². The van der Waals surface area contributed by atoms with Crippen LogP contribution in [0, 0.1) is 189 Å². The smallest absolute Gasteiger partial charge is 0.872 e. The number of nitrogens with one attached hydrogen (secondary N) is 4. The first-order chi connectivity index (χ1) is 56.9. The molecule has 0 heterocycles. The Hall–Kier alpha value is -12.0. The average Bonchev–Trinajstić information content (AvgIpc) is 0.825. The van der Waals surface area contributed by atoms with Crippen LogP contribution in [0.4, 0.5) is 0 Å². The van der Waals surface area contributed by atoms with E-state index in [0.717, 1.165) is 0 Å². The quantitative estimate of drug-likeness (QED) is 0.0135. The number of aliphatic imine (C=N–C) groups is 4. The molecule has 0 atom stereocenters. The second kappa shape index (κ2) is 75.4. The molecular formula is C72H76Er3N13O37Zn2. The third-order valence-electron chi connectivity index (χ3n) is 13.7. The van der Waals surface area contributed by atoms with Crippen LogP contribution in [0.5, 0.6) is 92.0 Å². The van der Waals surface area contributed by atoms with E-state index in [1.165, 1.54) is 130 Å². The van der Waals surface area contributed by atoms with E-state index in [1.54, 1.807) is 97.1 Å². The summed E-state index contributed by atoms with van der Waals surface area (Å²) in [6, 6.07) is 36.9. The number of benzene rings is 8. The minimum Gasteiger partial charge on any atom is -0.872 e. The first-order valence-electron chi connectivity index (χ1n) is 32.9. The number of rotatable bonds is 28. The van der Waals surface area contributed by atoms with Gasteiger partial charge in [0.15, 0.2) is 23.0 Å². The maximum Gasteiger partial charge on any atom is 3.00 e. The van der Waals surface area contributed by atoms with Crippen LogP contribution in [0.15, 0.2) is 166 Å². The predicted molar refractivity (Wildman–Crippen MR) is 419 cm³/mol. The number of aromatic hydroxyl groups is 2. The molecule has 0 aliphatic carbocycles. The van der Waals surface area contributed by atoms with Gasteiger partial charge in [-0.05, 0) is 120 Å². The van der Waals surface area contributed by atoms with E-state index in [-0.39, 0.29) is 258 Å². The number of methoxy groups -OCH3 is 8. The number of carbonyl (C=O) groups excluding carboxylic acids is 4. The fourth-order valence-electron chi connectivity index (χ4n) is 8.44. The summed E-state index contributed by atoms with van der Waals surface area (Å²) in [6.45, 7) is 2.12. The van der Waals surface area contributed by atoms with Crippen molar-refractivity contribution >= 4 is 48.5 Å². The second-order valence-corrected chi connectivity index (χ2v) is 21.3. The van der Waals surface area contributed by atoms with Gasteiger partial charge in [-0.3, -0.25) is 39.1 Å². The summed E-state index contributed by atoms with van der Waals surface area (Å²) < 4.78 is 39.6. The van der Waals surface area contributed by atoms with Crippen molar-refractivity contribution in [2.24, 2.45) is 20.0 Å². The van der Waals surface area contributed by atoms with Gasteiger partial charge in [-0.15, -0.1) is 0 Å². The maximum atomic E-state index is 12.0. The van der Waals surface area contributed by atoms with E-state index in [9.17, 15) is 60.0 Å². The van der Waals surface area contributed by atoms with E-state index in [1.807, 2.05) is 0 Å². The van der Waals surface area contributed by atoms with Crippen molar-refractivity contribution in [2.75, 3.05) is 109 Å². The zero-order valence-electron chi connectivity index (χ0n) is 67.4. The number of phenols is 2. The largest absolute Gasteiger partial charge is 3.00 e. The number of ether oxygens (including phenoxy) is 8. The molecule has 0 fully saturated rings. The van der Waals surface area contributed by atoms with Gasteiger partial charge in [0.05, 0.1) is 108 Å². The van der Waals surface area contributed by atoms with Crippen LogP contribution in [0.1, 0.15) is 63.7 Å². The zero-order valence-corrected chi connectivity index (χ0v) is 78.9. The van der Waals surface area contributed by atoms with Crippen molar-refractivity contribution in [2.45, 2.75) is 0 Å². The van der Waals surface area contributed by atoms with E-state index < -0.39 is 72.1 Å². The van der Waals surface area contributed by atoms with E-state index >= 15 is 0 Å². The summed E-state index contributed by atoms with van der Waals surface area (Å²) in [5.74, 6) is -1.15. The molecule has 691 valence electrons. The van der Waals surface area contributed by atoms with E-state index in [2.05, 4.69) is 41.2 Å². The molecular weight excluding hydrogens is 2270 g/mol. The number of amides is 4. The van der Waals surface area contributed by atoms with Crippen molar-refractivity contribution in [3.63, 3.8) is 0 Å². The monoisotopic (exact) mass is 2340 g/mol. The summed E-state index contributed by atoms with van der Waals surface area (Å²) in [5.41, 5.74) is 2.03. The third kappa shape index (κ3) is 55.9. The molecule has 0 aromatic heterocycles. The second-order valence-electron chi connectivity index (χ2n) is 21.3. The summed E-state index contributed by atoms with van der Waals surface area (Å²) >= 11 is 0. The van der Waals surface area contributed by atoms with E-state index in [4.69, 9.17) is 115 Å². The van der Waals surface area contributed by atoms with Crippen LogP contribution in [0.25, 0.3) is 0 Å². The summed E-state index contributed by atoms with van der Waals surface area (Å²) in [7, 11) is 11.6. The van der Waals surface area contributed by atoms with Crippen molar-refractivity contribution in [3.8, 4) is 92.0 Å². The molecule has 0 unspecified atom stereocenters. The average molecular weight is 2350 g/mol. The Morgan fingerprint density at radius 1 is 0.315 bits per heavy atom. The molecule has 0 aliphatic rings. The molecule has 8 aromatic rings. The first-order valence-corrected chi connectivity index (χ1v) is 32.9. The van der Waals surface area contributed by atoms with Gasteiger partial charge in [-0.1, -0.05) is 70.9 Å². The minimum atomic E-state index is -1.75. The van der Waals surface area contributed by atoms with Crippen LogP contribution in [0.3, 0.4) is 0 Å². The van der Waals surface area contributed by atoms with Gasteiger partial charge in [0, 0.05) is 84.4 Å². The van der Waals surface area contributed by atoms with Gasteiger partial charge in [0.1, 0.15) is 34.5 Å². The molecule has 0 bridgehead atoms. The normalized spacial score (nSPS) is 9.32. The van der Waals surface area contributed by atoms with Crippen LogP contribution in [0.2, 0.25) is 0 Å². The Morgan fingerprint density at radius 3 is 0.677 bits per heavy atom. The van der Waals surface area contributed by atoms with Crippen molar-refractivity contribution in [3.05, 3.63) is 267 Å². The molecule has 50 nitrogen and oxygen atoms in total. The molecule has 4 amide bonds. The Labute approximate surface area is 834 Å². The van der Waals surface area contributed by atoms with Gasteiger partial charge in [-0.25, -0.2) is 0 Å². The number of carbonyl (C=O) groups is 4. The number of hydrogen-bond acceptors (Lipinski definition) is 41. The Kier molecular flexibility index (Phi) is 77.5. The van der Waals surface area contributed by atoms with Crippen molar-refractivity contribution in [1.82, 2.24) is 21.3 Å². The number of nitrogens with zero attached hydrogens (tertiary/aromatic N) is 9. The topological polar surface area (TPSA) is 809 Å². The minimum absolute atomic E-state index is 0. The Bertz CT molecular complexity index is 4170. The standard InChI is InChI=1S/4C18H20N2O5.3Er.5NO3.2H2O.2Zn/c4*1-24-13-6-7-14(15(21)10-13)18(23)20-9-8-19-11-12-4-3-5-16(25-2)17(12)22;;;;5*2-1(3)4;;;;/h4*3-7,10-11,21-22H,8-9H2,1-2H3,(H,20,23);;;;;;;;;2*1H2;;/q;;;;3*+3;5*-1;;;2*+2/p-8. The molecule has 8 N–H and O–H groups in total. The maximum absolute atomic E-state index is 12.0. The van der Waals surface area contributed by atoms with Gasteiger partial charge in [0.2, 0.25) is 0 Å². The molecule has 0 aliphatic heterocycles. The van der Waals surface area contributed by atoms with Crippen LogP contribution in [-0.2, 0) is 39.0 Å². The van der Waals surface area contributed by atoms with Gasteiger partial charge in [-0.2, -0.15) is 0 Å².